The first kappa shape index (κ1) is 23.3. The molecule has 0 unspecified atom stereocenters. The highest BCUT2D eigenvalue weighted by Gasteiger charge is 2.49. The molecule has 0 aromatic heterocycles. The van der Waals surface area contributed by atoms with Crippen LogP contribution >= 0.6 is 11.8 Å². The first-order valence-electron chi connectivity index (χ1n) is 10.5. The van der Waals surface area contributed by atoms with Crippen molar-refractivity contribution in [1.29, 1.82) is 0 Å². The molecule has 7 nitrogen and oxygen atoms in total. The molecule has 0 saturated carbocycles. The highest BCUT2D eigenvalue weighted by atomic mass is 32.2. The van der Waals surface area contributed by atoms with E-state index in [0.29, 0.717) is 5.56 Å². The van der Waals surface area contributed by atoms with Crippen molar-refractivity contribution in [2.75, 3.05) is 6.61 Å². The van der Waals surface area contributed by atoms with Crippen LogP contribution in [0.4, 0.5) is 0 Å². The number of benzene rings is 3. The second-order valence-electron chi connectivity index (χ2n) is 7.37. The molecule has 1 saturated heterocycles. The van der Waals surface area contributed by atoms with E-state index >= 15 is 0 Å². The molecule has 0 spiro atoms. The Bertz CT molecular complexity index is 1170. The van der Waals surface area contributed by atoms with Crippen LogP contribution < -0.4 is 0 Å². The summed E-state index contributed by atoms with van der Waals surface area (Å²) in [5, 5.41) is -1.24. The van der Waals surface area contributed by atoms with Gasteiger partial charge in [-0.25, -0.2) is 14.4 Å². The standard InChI is InChI=1S/C26H20O7S/c27-23(17-10-4-1-5-11-17)31-16-20-21(32-24(28)18-12-6-2-7-13-18)22(26(30)34-20)33-25(29)19-14-8-3-9-15-19/h1-15,20-22H,16H2/t20-,21-,22-/m1/s1. The van der Waals surface area contributed by atoms with E-state index in [2.05, 4.69) is 0 Å². The molecular formula is C26H20O7S. The first-order chi connectivity index (χ1) is 16.5. The fourth-order valence-electron chi connectivity index (χ4n) is 3.33. The van der Waals surface area contributed by atoms with Crippen LogP contribution in [0.25, 0.3) is 0 Å². The zero-order valence-electron chi connectivity index (χ0n) is 17.9. The van der Waals surface area contributed by atoms with Gasteiger partial charge in [0.25, 0.3) is 0 Å². The zero-order chi connectivity index (χ0) is 23.9. The summed E-state index contributed by atoms with van der Waals surface area (Å²) < 4.78 is 16.4. The van der Waals surface area contributed by atoms with Gasteiger partial charge in [-0.2, -0.15) is 0 Å². The minimum Gasteiger partial charge on any atom is -0.461 e. The van der Waals surface area contributed by atoms with Crippen molar-refractivity contribution in [3.63, 3.8) is 0 Å². The van der Waals surface area contributed by atoms with Crippen molar-refractivity contribution < 1.29 is 33.4 Å². The van der Waals surface area contributed by atoms with E-state index in [1.165, 1.54) is 0 Å². The fraction of sp³-hybridized carbons (Fsp3) is 0.154. The van der Waals surface area contributed by atoms with Gasteiger partial charge in [-0.05, 0) is 36.4 Å². The molecule has 0 radical (unpaired) electrons. The minimum absolute atomic E-state index is 0.212. The van der Waals surface area contributed by atoms with Crippen LogP contribution in [-0.2, 0) is 19.0 Å². The number of hydrogen-bond donors (Lipinski definition) is 0. The molecular weight excluding hydrogens is 456 g/mol. The van der Waals surface area contributed by atoms with E-state index in [4.69, 9.17) is 14.2 Å². The molecule has 1 fully saturated rings. The molecule has 34 heavy (non-hydrogen) atoms. The van der Waals surface area contributed by atoms with Gasteiger partial charge in [0, 0.05) is 0 Å². The van der Waals surface area contributed by atoms with Gasteiger partial charge in [0.05, 0.1) is 21.9 Å². The van der Waals surface area contributed by atoms with Crippen molar-refractivity contribution in [2.24, 2.45) is 0 Å². The Morgan fingerprint density at radius 3 is 1.59 bits per heavy atom. The molecule has 4 rings (SSSR count). The van der Waals surface area contributed by atoms with Crippen LogP contribution in [0.15, 0.2) is 91.0 Å². The van der Waals surface area contributed by atoms with Gasteiger partial charge in [0.1, 0.15) is 6.61 Å². The average Bonchev–Trinajstić information content (AvgIpc) is 3.17. The Balaban J connectivity index is 1.51. The van der Waals surface area contributed by atoms with Gasteiger partial charge in [-0.1, -0.05) is 66.4 Å². The quantitative estimate of drug-likeness (QED) is 0.374. The van der Waals surface area contributed by atoms with E-state index in [0.717, 1.165) is 11.8 Å². The van der Waals surface area contributed by atoms with E-state index in [1.807, 2.05) is 0 Å². The Morgan fingerprint density at radius 2 is 1.09 bits per heavy atom. The van der Waals surface area contributed by atoms with E-state index in [1.54, 1.807) is 91.0 Å². The molecule has 172 valence electrons. The molecule has 3 aromatic rings. The van der Waals surface area contributed by atoms with Crippen molar-refractivity contribution >= 4 is 34.8 Å². The predicted molar refractivity (Wildman–Crippen MR) is 124 cm³/mol. The van der Waals surface area contributed by atoms with Gasteiger partial charge in [0.2, 0.25) is 11.2 Å². The van der Waals surface area contributed by atoms with Gasteiger partial charge in [-0.15, -0.1) is 0 Å². The summed E-state index contributed by atoms with van der Waals surface area (Å²) in [5.41, 5.74) is 0.883. The summed E-state index contributed by atoms with van der Waals surface area (Å²) in [6, 6.07) is 24.8. The normalized spacial score (nSPS) is 19.3. The number of thioether (sulfide) groups is 1. The maximum absolute atomic E-state index is 12.7. The number of carbonyl (C=O) groups is 4. The summed E-state index contributed by atoms with van der Waals surface area (Å²) in [7, 11) is 0. The zero-order valence-corrected chi connectivity index (χ0v) is 18.7. The van der Waals surface area contributed by atoms with Crippen LogP contribution in [0.2, 0.25) is 0 Å². The van der Waals surface area contributed by atoms with E-state index in [9.17, 15) is 19.2 Å². The Labute approximate surface area is 200 Å². The molecule has 1 aliphatic heterocycles. The largest absolute Gasteiger partial charge is 0.461 e. The highest BCUT2D eigenvalue weighted by Crippen LogP contribution is 2.34. The predicted octanol–water partition coefficient (Wildman–Crippen LogP) is 3.94. The summed E-state index contributed by atoms with van der Waals surface area (Å²) in [5.74, 6) is -1.98. The lowest BCUT2D eigenvalue weighted by Crippen LogP contribution is -2.41. The molecule has 0 N–H and O–H groups in total. The fourth-order valence-corrected chi connectivity index (χ4v) is 4.42. The molecule has 8 heteroatoms. The highest BCUT2D eigenvalue weighted by molar-refractivity contribution is 8.14. The lowest BCUT2D eigenvalue weighted by atomic mass is 10.1. The summed E-state index contributed by atoms with van der Waals surface area (Å²) in [6.07, 6.45) is -2.48. The topological polar surface area (TPSA) is 96.0 Å². The van der Waals surface area contributed by atoms with Crippen LogP contribution in [0.3, 0.4) is 0 Å². The SMILES string of the molecule is O=C(OC[C@H]1SC(=O)[C@H](OC(=O)c2ccccc2)[C@@H]1OC(=O)c1ccccc1)c1ccccc1. The monoisotopic (exact) mass is 476 g/mol. The van der Waals surface area contributed by atoms with Crippen LogP contribution in [0.5, 0.6) is 0 Å². The number of esters is 3. The first-order valence-corrected chi connectivity index (χ1v) is 11.4. The van der Waals surface area contributed by atoms with Gasteiger partial charge in [-0.3, -0.25) is 4.79 Å². The molecule has 0 aliphatic carbocycles. The van der Waals surface area contributed by atoms with Crippen molar-refractivity contribution in [1.82, 2.24) is 0 Å². The van der Waals surface area contributed by atoms with Crippen LogP contribution in [0, 0.1) is 0 Å². The summed E-state index contributed by atoms with van der Waals surface area (Å²) in [6.45, 7) is -0.212. The number of rotatable bonds is 7. The number of hydrogen-bond acceptors (Lipinski definition) is 8. The Hall–Kier alpha value is -3.91. The second kappa shape index (κ2) is 10.8. The number of ether oxygens (including phenoxy) is 3. The summed E-state index contributed by atoms with van der Waals surface area (Å²) in [4.78, 5) is 50.4. The Kier molecular flexibility index (Phi) is 7.39. The minimum atomic E-state index is -1.34. The van der Waals surface area contributed by atoms with Gasteiger partial charge >= 0.3 is 17.9 Å². The van der Waals surface area contributed by atoms with Crippen molar-refractivity contribution in [3.05, 3.63) is 108 Å². The smallest absolute Gasteiger partial charge is 0.339 e. The van der Waals surface area contributed by atoms with E-state index < -0.39 is 40.5 Å². The van der Waals surface area contributed by atoms with E-state index in [-0.39, 0.29) is 17.7 Å². The molecule has 3 atom stereocenters. The maximum Gasteiger partial charge on any atom is 0.339 e. The van der Waals surface area contributed by atoms with Crippen molar-refractivity contribution in [2.45, 2.75) is 17.5 Å². The third-order valence-electron chi connectivity index (χ3n) is 5.05. The third kappa shape index (κ3) is 5.52. The van der Waals surface area contributed by atoms with Gasteiger partial charge in [0.15, 0.2) is 6.10 Å². The molecule has 1 heterocycles. The second-order valence-corrected chi connectivity index (χ2v) is 8.61. The van der Waals surface area contributed by atoms with Crippen LogP contribution in [-0.4, -0.2) is 47.1 Å². The molecule has 0 bridgehead atoms. The van der Waals surface area contributed by atoms with Crippen molar-refractivity contribution in [3.8, 4) is 0 Å². The van der Waals surface area contributed by atoms with Gasteiger partial charge < -0.3 is 14.2 Å². The van der Waals surface area contributed by atoms with Crippen LogP contribution in [0.1, 0.15) is 31.1 Å². The molecule has 0 amide bonds. The molecule has 1 aliphatic rings. The lowest BCUT2D eigenvalue weighted by Gasteiger charge is -2.23. The Morgan fingerprint density at radius 1 is 0.647 bits per heavy atom. The molecule has 3 aromatic carbocycles. The average molecular weight is 477 g/mol. The lowest BCUT2D eigenvalue weighted by molar-refractivity contribution is -0.123. The maximum atomic E-state index is 12.7. The summed E-state index contributed by atoms with van der Waals surface area (Å²) >= 11 is 0.823. The number of carbonyl (C=O) groups excluding carboxylic acids is 4. The third-order valence-corrected chi connectivity index (χ3v) is 6.22.